The van der Waals surface area contributed by atoms with Gasteiger partial charge in [0.2, 0.25) is 5.78 Å². The number of halogens is 2. The molecule has 0 fully saturated rings. The molecule has 0 aromatic heterocycles. The molecule has 1 amide bonds. The van der Waals surface area contributed by atoms with Crippen molar-refractivity contribution >= 4 is 11.7 Å². The molecule has 1 N–H and O–H groups in total. The van der Waals surface area contributed by atoms with Crippen molar-refractivity contribution in [2.24, 2.45) is 5.92 Å². The molecular formula is C13H15F2NO2. The lowest BCUT2D eigenvalue weighted by Gasteiger charge is -2.06. The molecule has 1 rings (SSSR count). The standard InChI is InChI=1S/C13H15F2NO2/c1-8(2)5-6-16-13(18)12(17)9-3-4-10(14)11(15)7-9/h3-4,7-8H,5-6H2,1-2H3,(H,16,18). The molecule has 5 heteroatoms. The quantitative estimate of drug-likeness (QED) is 0.648. The van der Waals surface area contributed by atoms with Gasteiger partial charge in [-0.1, -0.05) is 13.8 Å². The number of rotatable bonds is 5. The topological polar surface area (TPSA) is 46.2 Å². The normalized spacial score (nSPS) is 10.5. The molecule has 1 aromatic carbocycles. The third-order valence-electron chi connectivity index (χ3n) is 2.40. The summed E-state index contributed by atoms with van der Waals surface area (Å²) < 4.78 is 25.6. The van der Waals surface area contributed by atoms with Crippen molar-refractivity contribution in [1.29, 1.82) is 0 Å². The van der Waals surface area contributed by atoms with Gasteiger partial charge in [0.05, 0.1) is 0 Å². The van der Waals surface area contributed by atoms with Crippen LogP contribution in [0.15, 0.2) is 18.2 Å². The highest BCUT2D eigenvalue weighted by atomic mass is 19.2. The fraction of sp³-hybridized carbons (Fsp3) is 0.385. The van der Waals surface area contributed by atoms with Gasteiger partial charge in [0.25, 0.3) is 5.91 Å². The third-order valence-corrected chi connectivity index (χ3v) is 2.40. The van der Waals surface area contributed by atoms with Gasteiger partial charge >= 0.3 is 0 Å². The van der Waals surface area contributed by atoms with Crippen molar-refractivity contribution < 1.29 is 18.4 Å². The van der Waals surface area contributed by atoms with E-state index in [0.717, 1.165) is 24.6 Å². The Bertz CT molecular complexity index is 458. The molecule has 0 aliphatic heterocycles. The molecule has 0 aliphatic rings. The molecule has 1 aromatic rings. The summed E-state index contributed by atoms with van der Waals surface area (Å²) in [7, 11) is 0. The Morgan fingerprint density at radius 1 is 1.22 bits per heavy atom. The van der Waals surface area contributed by atoms with Crippen LogP contribution >= 0.6 is 0 Å². The first-order valence-corrected chi connectivity index (χ1v) is 5.69. The Morgan fingerprint density at radius 2 is 1.89 bits per heavy atom. The van der Waals surface area contributed by atoms with Crippen molar-refractivity contribution in [3.8, 4) is 0 Å². The van der Waals surface area contributed by atoms with E-state index in [0.29, 0.717) is 12.5 Å². The average molecular weight is 255 g/mol. The molecule has 0 saturated carbocycles. The second-order valence-corrected chi connectivity index (χ2v) is 4.40. The van der Waals surface area contributed by atoms with Crippen LogP contribution in [-0.4, -0.2) is 18.2 Å². The molecule has 18 heavy (non-hydrogen) atoms. The van der Waals surface area contributed by atoms with Gasteiger partial charge in [-0.3, -0.25) is 9.59 Å². The van der Waals surface area contributed by atoms with Gasteiger partial charge in [0, 0.05) is 12.1 Å². The predicted octanol–water partition coefficient (Wildman–Crippen LogP) is 2.31. The van der Waals surface area contributed by atoms with Crippen LogP contribution in [0.25, 0.3) is 0 Å². The Morgan fingerprint density at radius 3 is 2.44 bits per heavy atom. The van der Waals surface area contributed by atoms with Gasteiger partial charge in [-0.05, 0) is 30.5 Å². The average Bonchev–Trinajstić information content (AvgIpc) is 2.31. The Kier molecular flexibility index (Phi) is 4.95. The number of carbonyl (C=O) groups is 2. The van der Waals surface area contributed by atoms with Crippen LogP contribution in [0.1, 0.15) is 30.6 Å². The number of ketones is 1. The largest absolute Gasteiger partial charge is 0.349 e. The van der Waals surface area contributed by atoms with E-state index in [9.17, 15) is 18.4 Å². The molecule has 0 bridgehead atoms. The monoisotopic (exact) mass is 255 g/mol. The van der Waals surface area contributed by atoms with Gasteiger partial charge in [-0.2, -0.15) is 0 Å². The predicted molar refractivity (Wildman–Crippen MR) is 63.2 cm³/mol. The molecule has 0 aliphatic carbocycles. The first-order valence-electron chi connectivity index (χ1n) is 5.69. The Labute approximate surface area is 104 Å². The van der Waals surface area contributed by atoms with Crippen LogP contribution in [0.2, 0.25) is 0 Å². The molecule has 0 radical (unpaired) electrons. The third kappa shape index (κ3) is 3.91. The number of Topliss-reactive ketones (excluding diaryl/α,β-unsaturated/α-hetero) is 1. The molecule has 3 nitrogen and oxygen atoms in total. The van der Waals surface area contributed by atoms with E-state index in [4.69, 9.17) is 0 Å². The fourth-order valence-corrected chi connectivity index (χ4v) is 1.32. The van der Waals surface area contributed by atoms with Gasteiger partial charge in [0.15, 0.2) is 11.6 Å². The lowest BCUT2D eigenvalue weighted by Crippen LogP contribution is -2.32. The Balaban J connectivity index is 2.63. The zero-order valence-corrected chi connectivity index (χ0v) is 10.3. The van der Waals surface area contributed by atoms with E-state index >= 15 is 0 Å². The van der Waals surface area contributed by atoms with E-state index < -0.39 is 23.3 Å². The number of carbonyl (C=O) groups excluding carboxylic acids is 2. The zero-order chi connectivity index (χ0) is 13.7. The maximum atomic E-state index is 12.9. The highest BCUT2D eigenvalue weighted by molar-refractivity contribution is 6.42. The Hall–Kier alpha value is -1.78. The summed E-state index contributed by atoms with van der Waals surface area (Å²) >= 11 is 0. The summed E-state index contributed by atoms with van der Waals surface area (Å²) in [6.07, 6.45) is 0.747. The van der Waals surface area contributed by atoms with Crippen molar-refractivity contribution in [1.82, 2.24) is 5.32 Å². The van der Waals surface area contributed by atoms with E-state index in [2.05, 4.69) is 5.32 Å². The van der Waals surface area contributed by atoms with Gasteiger partial charge in [-0.25, -0.2) is 8.78 Å². The SMILES string of the molecule is CC(C)CCNC(=O)C(=O)c1ccc(F)c(F)c1. The zero-order valence-electron chi connectivity index (χ0n) is 10.3. The number of nitrogens with one attached hydrogen (secondary N) is 1. The molecular weight excluding hydrogens is 240 g/mol. The van der Waals surface area contributed by atoms with Crippen molar-refractivity contribution in [3.05, 3.63) is 35.4 Å². The highest BCUT2D eigenvalue weighted by Gasteiger charge is 2.17. The molecule has 0 unspecified atom stereocenters. The minimum atomic E-state index is -1.14. The van der Waals surface area contributed by atoms with E-state index in [1.165, 1.54) is 0 Å². The maximum absolute atomic E-state index is 12.9. The molecule has 0 spiro atoms. The molecule has 0 saturated heterocycles. The van der Waals surface area contributed by atoms with E-state index in [1.807, 2.05) is 13.8 Å². The van der Waals surface area contributed by atoms with Gasteiger partial charge < -0.3 is 5.32 Å². The first-order chi connectivity index (χ1) is 8.41. The summed E-state index contributed by atoms with van der Waals surface area (Å²) in [6, 6.07) is 2.63. The van der Waals surface area contributed by atoms with Gasteiger partial charge in [0.1, 0.15) is 0 Å². The molecule has 98 valence electrons. The van der Waals surface area contributed by atoms with Crippen LogP contribution in [0.5, 0.6) is 0 Å². The summed E-state index contributed by atoms with van der Waals surface area (Å²) in [6.45, 7) is 4.36. The lowest BCUT2D eigenvalue weighted by molar-refractivity contribution is -0.117. The number of hydrogen-bond donors (Lipinski definition) is 1. The number of amides is 1. The first kappa shape index (κ1) is 14.3. The lowest BCUT2D eigenvalue weighted by atomic mass is 10.1. The summed E-state index contributed by atoms with van der Waals surface area (Å²) in [4.78, 5) is 23.0. The molecule has 0 atom stereocenters. The number of hydrogen-bond acceptors (Lipinski definition) is 2. The fourth-order valence-electron chi connectivity index (χ4n) is 1.32. The maximum Gasteiger partial charge on any atom is 0.292 e. The minimum absolute atomic E-state index is 0.157. The highest BCUT2D eigenvalue weighted by Crippen LogP contribution is 2.09. The number of benzene rings is 1. The van der Waals surface area contributed by atoms with Crippen molar-refractivity contribution in [2.45, 2.75) is 20.3 Å². The second kappa shape index (κ2) is 6.23. The van der Waals surface area contributed by atoms with Crippen LogP contribution in [-0.2, 0) is 4.79 Å². The van der Waals surface area contributed by atoms with E-state index in [-0.39, 0.29) is 5.56 Å². The van der Waals surface area contributed by atoms with Crippen LogP contribution in [0.3, 0.4) is 0 Å². The van der Waals surface area contributed by atoms with E-state index in [1.54, 1.807) is 0 Å². The van der Waals surface area contributed by atoms with Crippen LogP contribution in [0, 0.1) is 17.6 Å². The van der Waals surface area contributed by atoms with Crippen LogP contribution < -0.4 is 5.32 Å². The summed E-state index contributed by atoms with van der Waals surface area (Å²) in [5, 5.41) is 2.44. The van der Waals surface area contributed by atoms with Crippen molar-refractivity contribution in [2.75, 3.05) is 6.54 Å². The van der Waals surface area contributed by atoms with Gasteiger partial charge in [-0.15, -0.1) is 0 Å². The summed E-state index contributed by atoms with van der Waals surface area (Å²) in [5.41, 5.74) is -0.157. The van der Waals surface area contributed by atoms with Crippen molar-refractivity contribution in [3.63, 3.8) is 0 Å². The minimum Gasteiger partial charge on any atom is -0.349 e. The summed E-state index contributed by atoms with van der Waals surface area (Å²) in [5.74, 6) is -3.45. The smallest absolute Gasteiger partial charge is 0.292 e. The molecule has 0 heterocycles. The second-order valence-electron chi connectivity index (χ2n) is 4.40. The van der Waals surface area contributed by atoms with Crippen LogP contribution in [0.4, 0.5) is 8.78 Å².